The largest absolute Gasteiger partial charge is 0.523 e. The highest BCUT2D eigenvalue weighted by molar-refractivity contribution is 8.15. The number of thioether (sulfide) groups is 1. The van der Waals surface area contributed by atoms with Crippen molar-refractivity contribution in [3.8, 4) is 0 Å². The molecule has 0 saturated heterocycles. The molecule has 3 heteroatoms. The Hall–Kier alpha value is -0.500. The predicted molar refractivity (Wildman–Crippen MR) is 50.1 cm³/mol. The molecule has 0 unspecified atom stereocenters. The maximum absolute atomic E-state index is 3.88. The summed E-state index contributed by atoms with van der Waals surface area (Å²) in [5.41, 5.74) is 0. The maximum atomic E-state index is 3.88. The second-order valence-electron chi connectivity index (χ2n) is 2.74. The van der Waals surface area contributed by atoms with Crippen molar-refractivity contribution in [3.05, 3.63) is 12.0 Å². The predicted octanol–water partition coefficient (Wildman–Crippen LogP) is 0.693. The number of hydrogen-bond acceptors (Lipinski definition) is 1. The molecule has 0 aromatic rings. The van der Waals surface area contributed by atoms with Crippen LogP contribution in [0.25, 0.3) is 0 Å². The van der Waals surface area contributed by atoms with Crippen LogP contribution in [0.1, 0.15) is 0 Å². The van der Waals surface area contributed by atoms with Crippen LogP contribution in [0.15, 0.2) is 12.0 Å². The first-order valence-corrected chi connectivity index (χ1v) is 3.83. The van der Waals surface area contributed by atoms with Gasteiger partial charge >= 0.3 is 5.17 Å². The van der Waals surface area contributed by atoms with Crippen LogP contribution in [0.2, 0.25) is 0 Å². The highest BCUT2D eigenvalue weighted by atomic mass is 32.2. The van der Waals surface area contributed by atoms with Gasteiger partial charge in [0.05, 0.1) is 32.9 Å². The van der Waals surface area contributed by atoms with Gasteiger partial charge in [0.1, 0.15) is 0 Å². The number of rotatable bonds is 1. The summed E-state index contributed by atoms with van der Waals surface area (Å²) in [6.07, 6.45) is 0. The molecule has 0 aliphatic heterocycles. The fourth-order valence-corrected chi connectivity index (χ4v) is 1.02. The zero-order valence-corrected chi connectivity index (χ0v) is 7.61. The molecule has 0 saturated carbocycles. The second-order valence-corrected chi connectivity index (χ2v) is 3.67. The quantitative estimate of drug-likeness (QED) is 0.237. The van der Waals surface area contributed by atoms with E-state index in [1.165, 1.54) is 11.8 Å². The molecule has 0 amide bonds. The van der Waals surface area contributed by atoms with Gasteiger partial charge in [-0.15, -0.1) is 0 Å². The minimum absolute atomic E-state index is 0.695. The fourth-order valence-electron chi connectivity index (χ4n) is 0.482. The van der Waals surface area contributed by atoms with E-state index in [-0.39, 0.29) is 0 Å². The third kappa shape index (κ3) is 2.87. The number of amidine groups is 1. The van der Waals surface area contributed by atoms with Crippen molar-refractivity contribution >= 4 is 23.6 Å². The van der Waals surface area contributed by atoms with Gasteiger partial charge in [0.25, 0.3) is 6.72 Å². The Balaban J connectivity index is 4.39. The molecule has 0 N–H and O–H groups in total. The molecule has 0 fully saturated rings. The molecule has 0 aliphatic rings. The van der Waals surface area contributed by atoms with E-state index in [9.17, 15) is 0 Å². The Kier molecular flexibility index (Phi) is 3.43. The number of quaternary nitrogens is 1. The van der Waals surface area contributed by atoms with Gasteiger partial charge < -0.3 is 0 Å². The van der Waals surface area contributed by atoms with E-state index in [2.05, 4.69) is 18.0 Å². The Morgan fingerprint density at radius 1 is 1.50 bits per heavy atom. The van der Waals surface area contributed by atoms with Crippen LogP contribution < -0.4 is 4.67 Å². The Bertz CT molecular complexity index is 173. The summed E-state index contributed by atoms with van der Waals surface area (Å²) < 4.78 is 4.57. The molecule has 56 valence electrons. The van der Waals surface area contributed by atoms with Crippen molar-refractivity contribution in [2.24, 2.45) is 0 Å². The first-order valence-electron chi connectivity index (χ1n) is 2.95. The second kappa shape index (κ2) is 3.62. The fraction of sp³-hybridized carbons (Fsp3) is 0.429. The summed E-state index contributed by atoms with van der Waals surface area (Å²) >= 11 is 1.51. The average Bonchev–Trinajstić information content (AvgIpc) is 1.80. The van der Waals surface area contributed by atoms with Crippen molar-refractivity contribution in [2.45, 2.75) is 0 Å². The number of hydrogen-bond donors (Lipinski definition) is 0. The van der Waals surface area contributed by atoms with Gasteiger partial charge in [-0.1, -0.05) is 6.58 Å². The van der Waals surface area contributed by atoms with Gasteiger partial charge in [-0.05, 0) is 10.1 Å². The summed E-state index contributed by atoms with van der Waals surface area (Å²) in [6, 6.07) is 0. The van der Waals surface area contributed by atoms with E-state index in [0.717, 1.165) is 5.17 Å². The lowest BCUT2D eigenvalue weighted by Crippen LogP contribution is -2.40. The van der Waals surface area contributed by atoms with Crippen LogP contribution in [-0.4, -0.2) is 37.5 Å². The normalized spacial score (nSPS) is 10.3. The molecule has 0 radical (unpaired) electrons. The maximum Gasteiger partial charge on any atom is 0.523 e. The smallest absolute Gasteiger partial charge is 0.222 e. The summed E-state index contributed by atoms with van der Waals surface area (Å²) in [4.78, 5) is 0. The molecule has 0 atom stereocenters. The van der Waals surface area contributed by atoms with Gasteiger partial charge in [0.15, 0.2) is 0 Å². The zero-order valence-electron chi connectivity index (χ0n) is 6.79. The minimum atomic E-state index is 0.695. The summed E-state index contributed by atoms with van der Waals surface area (Å²) in [5.74, 6) is 0. The molecule has 0 spiro atoms. The third-order valence-electron chi connectivity index (χ3n) is 0.898. The highest BCUT2D eigenvalue weighted by Crippen LogP contribution is 2.08. The van der Waals surface area contributed by atoms with Crippen molar-refractivity contribution in [1.29, 1.82) is 0 Å². The van der Waals surface area contributed by atoms with Crippen LogP contribution in [0.5, 0.6) is 0 Å². The Labute approximate surface area is 66.6 Å². The standard InChI is InChI=1S/C7H14N2S/c1-6-10-7(8-2)9(3,4)5/h6H,1-2H2,3-5H3/q+2. The molecule has 10 heavy (non-hydrogen) atoms. The van der Waals surface area contributed by atoms with E-state index >= 15 is 0 Å². The SMILES string of the molecule is C=CSC(=[N+]=C)[N+](C)(C)C. The molecule has 0 bridgehead atoms. The van der Waals surface area contributed by atoms with Gasteiger partial charge in [-0.25, -0.2) is 4.48 Å². The summed E-state index contributed by atoms with van der Waals surface area (Å²) in [6.45, 7) is 7.08. The highest BCUT2D eigenvalue weighted by Gasteiger charge is 2.26. The molecular formula is C7H14N2S+2. The molecule has 0 heterocycles. The summed E-state index contributed by atoms with van der Waals surface area (Å²) in [7, 11) is 6.13. The summed E-state index contributed by atoms with van der Waals surface area (Å²) in [5, 5.41) is 2.71. The lowest BCUT2D eigenvalue weighted by atomic mass is 10.7. The zero-order chi connectivity index (χ0) is 8.20. The van der Waals surface area contributed by atoms with E-state index in [1.54, 1.807) is 5.41 Å². The van der Waals surface area contributed by atoms with E-state index < -0.39 is 0 Å². The number of nitrogens with zero attached hydrogens (tertiary/aromatic N) is 2. The lowest BCUT2D eigenvalue weighted by molar-refractivity contribution is -0.772. The third-order valence-corrected chi connectivity index (χ3v) is 1.95. The van der Waals surface area contributed by atoms with E-state index in [1.807, 2.05) is 21.1 Å². The monoisotopic (exact) mass is 158 g/mol. The van der Waals surface area contributed by atoms with E-state index in [0.29, 0.717) is 4.48 Å². The first kappa shape index (κ1) is 9.50. The van der Waals surface area contributed by atoms with Crippen LogP contribution in [0, 0.1) is 0 Å². The van der Waals surface area contributed by atoms with Crippen molar-refractivity contribution in [2.75, 3.05) is 21.1 Å². The molecule has 0 aromatic carbocycles. The van der Waals surface area contributed by atoms with Crippen molar-refractivity contribution < 1.29 is 4.48 Å². The van der Waals surface area contributed by atoms with Crippen molar-refractivity contribution in [1.82, 2.24) is 4.67 Å². The van der Waals surface area contributed by atoms with Crippen LogP contribution in [0.3, 0.4) is 0 Å². The van der Waals surface area contributed by atoms with Crippen LogP contribution >= 0.6 is 11.8 Å². The van der Waals surface area contributed by atoms with Crippen molar-refractivity contribution in [3.63, 3.8) is 0 Å². The first-order chi connectivity index (χ1) is 4.52. The molecule has 0 aliphatic carbocycles. The Morgan fingerprint density at radius 3 is 2.10 bits per heavy atom. The molecule has 0 aromatic heterocycles. The van der Waals surface area contributed by atoms with Gasteiger partial charge in [0.2, 0.25) is 0 Å². The Morgan fingerprint density at radius 2 is 2.00 bits per heavy atom. The average molecular weight is 158 g/mol. The lowest BCUT2D eigenvalue weighted by Gasteiger charge is -2.13. The molecule has 0 rings (SSSR count). The molecular weight excluding hydrogens is 144 g/mol. The van der Waals surface area contributed by atoms with Crippen LogP contribution in [-0.2, 0) is 0 Å². The topological polar surface area (TPSA) is 14.1 Å². The molecule has 2 nitrogen and oxygen atoms in total. The van der Waals surface area contributed by atoms with Crippen LogP contribution in [0.4, 0.5) is 0 Å². The minimum Gasteiger partial charge on any atom is -0.222 e. The van der Waals surface area contributed by atoms with E-state index in [4.69, 9.17) is 0 Å². The van der Waals surface area contributed by atoms with Gasteiger partial charge in [-0.3, -0.25) is 0 Å². The van der Waals surface area contributed by atoms with Gasteiger partial charge in [-0.2, -0.15) is 0 Å². The van der Waals surface area contributed by atoms with Gasteiger partial charge in [0, 0.05) is 0 Å².